The molecule has 0 spiro atoms. The first-order valence-corrected chi connectivity index (χ1v) is 7.65. The van der Waals surface area contributed by atoms with Crippen LogP contribution in [-0.4, -0.2) is 9.55 Å². The molecule has 0 bridgehead atoms. The zero-order valence-electron chi connectivity index (χ0n) is 11.8. The molecule has 1 aromatic carbocycles. The summed E-state index contributed by atoms with van der Waals surface area (Å²) in [5.74, 6) is 1.68. The first kappa shape index (κ1) is 15.2. The lowest BCUT2D eigenvalue weighted by atomic mass is 10.1. The van der Waals surface area contributed by atoms with Crippen LogP contribution in [0, 0.1) is 0 Å². The summed E-state index contributed by atoms with van der Waals surface area (Å²) in [4.78, 5) is 4.69. The van der Waals surface area contributed by atoms with E-state index in [1.807, 2.05) is 12.1 Å². The number of halogens is 2. The molecule has 1 heterocycles. The molecule has 0 fully saturated rings. The van der Waals surface area contributed by atoms with Crippen LogP contribution in [0.3, 0.4) is 0 Å². The quantitative estimate of drug-likeness (QED) is 0.861. The van der Waals surface area contributed by atoms with Crippen molar-refractivity contribution in [2.45, 2.75) is 39.7 Å². The summed E-state index contributed by atoms with van der Waals surface area (Å²) < 4.78 is 2.08. The van der Waals surface area contributed by atoms with E-state index in [0.29, 0.717) is 15.9 Å². The van der Waals surface area contributed by atoms with Gasteiger partial charge in [-0.15, -0.1) is 0 Å². The Balaban J connectivity index is 2.57. The number of nitrogens with zero attached hydrogens (tertiary/aromatic N) is 2. The molecule has 0 amide bonds. The van der Waals surface area contributed by atoms with Crippen molar-refractivity contribution in [2.75, 3.05) is 5.73 Å². The van der Waals surface area contributed by atoms with Crippen LogP contribution in [0.5, 0.6) is 0 Å². The molecule has 0 aliphatic rings. The Hall–Kier alpha value is -1.19. The molecule has 5 heteroatoms. The third-order valence-electron chi connectivity index (χ3n) is 3.21. The number of hydrogen-bond acceptors (Lipinski definition) is 2. The topological polar surface area (TPSA) is 43.8 Å². The molecule has 20 heavy (non-hydrogen) atoms. The predicted molar refractivity (Wildman–Crippen MR) is 86.4 cm³/mol. The number of anilines is 1. The van der Waals surface area contributed by atoms with E-state index < -0.39 is 0 Å². The fourth-order valence-corrected chi connectivity index (χ4v) is 2.68. The van der Waals surface area contributed by atoms with Crippen molar-refractivity contribution in [2.24, 2.45) is 0 Å². The highest BCUT2D eigenvalue weighted by Crippen LogP contribution is 2.36. The molecule has 3 nitrogen and oxygen atoms in total. The SMILES string of the molecule is CCCc1nc(-c2cccc(Cl)c2Cl)c(N)n1CCC. The summed E-state index contributed by atoms with van der Waals surface area (Å²) >= 11 is 12.4. The lowest BCUT2D eigenvalue weighted by molar-refractivity contribution is 0.637. The molecule has 2 rings (SSSR count). The minimum Gasteiger partial charge on any atom is -0.383 e. The lowest BCUT2D eigenvalue weighted by Crippen LogP contribution is -2.06. The fourth-order valence-electron chi connectivity index (χ4n) is 2.29. The molecule has 0 saturated heterocycles. The molecule has 0 aliphatic carbocycles. The van der Waals surface area contributed by atoms with Crippen LogP contribution in [-0.2, 0) is 13.0 Å². The number of hydrogen-bond donors (Lipinski definition) is 1. The molecule has 0 radical (unpaired) electrons. The van der Waals surface area contributed by atoms with Gasteiger partial charge in [-0.2, -0.15) is 0 Å². The van der Waals surface area contributed by atoms with Gasteiger partial charge in [0, 0.05) is 18.5 Å². The molecule has 108 valence electrons. The van der Waals surface area contributed by atoms with Crippen LogP contribution in [0.15, 0.2) is 18.2 Å². The van der Waals surface area contributed by atoms with Gasteiger partial charge in [0.05, 0.1) is 10.0 Å². The number of imidazole rings is 1. The Bertz CT molecular complexity index is 605. The summed E-state index contributed by atoms with van der Waals surface area (Å²) in [5.41, 5.74) is 7.80. The Morgan fingerprint density at radius 1 is 1.20 bits per heavy atom. The van der Waals surface area contributed by atoms with Gasteiger partial charge in [-0.1, -0.05) is 49.2 Å². The molecule has 0 saturated carbocycles. The largest absolute Gasteiger partial charge is 0.383 e. The van der Waals surface area contributed by atoms with Crippen LogP contribution >= 0.6 is 23.2 Å². The number of nitrogens with two attached hydrogens (primary N) is 1. The van der Waals surface area contributed by atoms with Crippen LogP contribution in [0.1, 0.15) is 32.5 Å². The van der Waals surface area contributed by atoms with Gasteiger partial charge in [0.25, 0.3) is 0 Å². The molecular weight excluding hydrogens is 293 g/mol. The minimum atomic E-state index is 0.505. The van der Waals surface area contributed by atoms with E-state index in [0.717, 1.165) is 42.9 Å². The number of rotatable bonds is 5. The summed E-state index contributed by atoms with van der Waals surface area (Å²) in [6, 6.07) is 5.53. The monoisotopic (exact) mass is 311 g/mol. The van der Waals surface area contributed by atoms with Gasteiger partial charge >= 0.3 is 0 Å². The second-order valence-electron chi connectivity index (χ2n) is 4.76. The van der Waals surface area contributed by atoms with Crippen molar-refractivity contribution in [3.05, 3.63) is 34.1 Å². The Morgan fingerprint density at radius 2 is 1.95 bits per heavy atom. The molecule has 0 unspecified atom stereocenters. The molecule has 2 N–H and O–H groups in total. The molecule has 0 aliphatic heterocycles. The normalized spacial score (nSPS) is 11.0. The van der Waals surface area contributed by atoms with Crippen LogP contribution in [0.25, 0.3) is 11.3 Å². The highest BCUT2D eigenvalue weighted by Gasteiger charge is 2.18. The van der Waals surface area contributed by atoms with Crippen molar-refractivity contribution in [3.8, 4) is 11.3 Å². The van der Waals surface area contributed by atoms with E-state index in [-0.39, 0.29) is 0 Å². The van der Waals surface area contributed by atoms with E-state index in [1.165, 1.54) is 0 Å². The summed E-state index contributed by atoms with van der Waals surface area (Å²) in [6.45, 7) is 5.13. The first-order valence-electron chi connectivity index (χ1n) is 6.89. The Morgan fingerprint density at radius 3 is 2.60 bits per heavy atom. The van der Waals surface area contributed by atoms with E-state index >= 15 is 0 Å². The summed E-state index contributed by atoms with van der Waals surface area (Å²) in [5, 5.41) is 1.02. The van der Waals surface area contributed by atoms with E-state index in [4.69, 9.17) is 28.9 Å². The van der Waals surface area contributed by atoms with Crippen LogP contribution in [0.4, 0.5) is 5.82 Å². The average Bonchev–Trinajstić information content (AvgIpc) is 2.72. The van der Waals surface area contributed by atoms with E-state index in [9.17, 15) is 0 Å². The van der Waals surface area contributed by atoms with Crippen molar-refractivity contribution >= 4 is 29.0 Å². The van der Waals surface area contributed by atoms with Crippen molar-refractivity contribution in [1.82, 2.24) is 9.55 Å². The van der Waals surface area contributed by atoms with Gasteiger partial charge in [-0.05, 0) is 18.9 Å². The number of benzene rings is 1. The second-order valence-corrected chi connectivity index (χ2v) is 5.55. The third kappa shape index (κ3) is 2.79. The molecule has 1 aromatic heterocycles. The summed E-state index contributed by atoms with van der Waals surface area (Å²) in [6.07, 6.45) is 2.95. The highest BCUT2D eigenvalue weighted by atomic mass is 35.5. The first-order chi connectivity index (χ1) is 9.60. The maximum Gasteiger partial charge on any atom is 0.131 e. The van der Waals surface area contributed by atoms with Gasteiger partial charge in [-0.3, -0.25) is 0 Å². The minimum absolute atomic E-state index is 0.505. The second kappa shape index (κ2) is 6.51. The predicted octanol–water partition coefficient (Wildman–Crippen LogP) is 4.80. The third-order valence-corrected chi connectivity index (χ3v) is 4.03. The van der Waals surface area contributed by atoms with Crippen molar-refractivity contribution in [1.29, 1.82) is 0 Å². The zero-order valence-corrected chi connectivity index (χ0v) is 13.3. The van der Waals surface area contributed by atoms with Crippen molar-refractivity contribution in [3.63, 3.8) is 0 Å². The van der Waals surface area contributed by atoms with Crippen LogP contribution in [0.2, 0.25) is 10.0 Å². The highest BCUT2D eigenvalue weighted by molar-refractivity contribution is 6.43. The Kier molecular flexibility index (Phi) is 4.95. The lowest BCUT2D eigenvalue weighted by Gasteiger charge is -2.08. The van der Waals surface area contributed by atoms with Crippen LogP contribution < -0.4 is 5.73 Å². The van der Waals surface area contributed by atoms with Gasteiger partial charge in [0.15, 0.2) is 0 Å². The van der Waals surface area contributed by atoms with Gasteiger partial charge in [-0.25, -0.2) is 4.98 Å². The average molecular weight is 312 g/mol. The maximum absolute atomic E-state index is 6.28. The number of aromatic nitrogens is 2. The smallest absolute Gasteiger partial charge is 0.131 e. The maximum atomic E-state index is 6.28. The van der Waals surface area contributed by atoms with Gasteiger partial charge in [0.1, 0.15) is 17.3 Å². The number of nitrogen functional groups attached to an aromatic ring is 1. The molecular formula is C15H19Cl2N3. The van der Waals surface area contributed by atoms with E-state index in [1.54, 1.807) is 6.07 Å². The standard InChI is InChI=1S/C15H19Cl2N3/c1-3-6-12-19-14(15(18)20(12)9-4-2)10-7-5-8-11(16)13(10)17/h5,7-8H,3-4,6,9,18H2,1-2H3. The van der Waals surface area contributed by atoms with E-state index in [2.05, 4.69) is 23.4 Å². The number of aryl methyl sites for hydroxylation is 1. The van der Waals surface area contributed by atoms with Gasteiger partial charge < -0.3 is 10.3 Å². The zero-order chi connectivity index (χ0) is 14.7. The van der Waals surface area contributed by atoms with Gasteiger partial charge in [0.2, 0.25) is 0 Å². The molecule has 0 atom stereocenters. The Labute approximate surface area is 129 Å². The summed E-state index contributed by atoms with van der Waals surface area (Å²) in [7, 11) is 0. The molecule has 2 aromatic rings. The fraction of sp³-hybridized carbons (Fsp3) is 0.400. The van der Waals surface area contributed by atoms with Crippen molar-refractivity contribution < 1.29 is 0 Å².